The molecular weight excluding hydrogens is 488 g/mol. The van der Waals surface area contributed by atoms with Gasteiger partial charge in [-0.2, -0.15) is 13.2 Å². The molecule has 3 rings (SSSR count). The highest BCUT2D eigenvalue weighted by Gasteiger charge is 2.33. The highest BCUT2D eigenvalue weighted by Crippen LogP contribution is 2.30. The number of sulfonamides is 1. The number of nitrogens with one attached hydrogen (secondary N) is 1. The van der Waals surface area contributed by atoms with Crippen molar-refractivity contribution in [1.29, 1.82) is 0 Å². The van der Waals surface area contributed by atoms with E-state index in [1.165, 1.54) is 28.6 Å². The molecule has 0 aromatic heterocycles. The fourth-order valence-corrected chi connectivity index (χ4v) is 5.45. The third-order valence-electron chi connectivity index (χ3n) is 5.20. The van der Waals surface area contributed by atoms with Gasteiger partial charge < -0.3 is 5.32 Å². The lowest BCUT2D eigenvalue weighted by molar-refractivity contribution is -0.137. The summed E-state index contributed by atoms with van der Waals surface area (Å²) in [6.07, 6.45) is -3.47. The second-order valence-corrected chi connectivity index (χ2v) is 10.4. The summed E-state index contributed by atoms with van der Waals surface area (Å²) in [5.41, 5.74) is 0.00471. The molecule has 32 heavy (non-hydrogen) atoms. The minimum absolute atomic E-state index is 0.0120. The number of benzene rings is 2. The highest BCUT2D eigenvalue weighted by atomic mass is 35.5. The van der Waals surface area contributed by atoms with Crippen molar-refractivity contribution < 1.29 is 26.4 Å². The van der Waals surface area contributed by atoms with Crippen molar-refractivity contribution in [2.24, 2.45) is 5.92 Å². The third kappa shape index (κ3) is 6.37. The molecule has 0 saturated carbocycles. The number of carbonyl (C=O) groups is 1. The van der Waals surface area contributed by atoms with E-state index >= 15 is 0 Å². The van der Waals surface area contributed by atoms with Crippen LogP contribution in [0.4, 0.5) is 13.2 Å². The maximum atomic E-state index is 12.8. The van der Waals surface area contributed by atoms with Crippen LogP contribution < -0.4 is 5.32 Å². The average molecular weight is 509 g/mol. The Morgan fingerprint density at radius 3 is 2.53 bits per heavy atom. The number of alkyl halides is 3. The van der Waals surface area contributed by atoms with Gasteiger partial charge in [0.1, 0.15) is 0 Å². The Morgan fingerprint density at radius 2 is 1.84 bits per heavy atom. The number of piperidine rings is 1. The summed E-state index contributed by atoms with van der Waals surface area (Å²) < 4.78 is 65.5. The van der Waals surface area contributed by atoms with Crippen molar-refractivity contribution in [2.45, 2.75) is 31.3 Å². The minimum Gasteiger partial charge on any atom is -0.352 e. The van der Waals surface area contributed by atoms with Gasteiger partial charge in [0.15, 0.2) is 0 Å². The summed E-state index contributed by atoms with van der Waals surface area (Å²) in [5.74, 6) is -1.25. The molecule has 1 heterocycles. The maximum Gasteiger partial charge on any atom is 0.416 e. The first-order chi connectivity index (χ1) is 15.0. The standard InChI is InChI=1S/C21H21Cl2F3N2O3S/c22-18-7-6-15(10-19(18)23)13-32(30,31)28-8-2-4-16(12-28)20(29)27-11-14-3-1-5-17(9-14)21(24,25)26/h1,3,5-7,9-10,16H,2,4,8,11-13H2,(H,27,29)/t16-/m0/s1. The van der Waals surface area contributed by atoms with Crippen LogP contribution in [0, 0.1) is 5.92 Å². The monoisotopic (exact) mass is 508 g/mol. The van der Waals surface area contributed by atoms with Crippen molar-refractivity contribution in [1.82, 2.24) is 9.62 Å². The lowest BCUT2D eigenvalue weighted by atomic mass is 9.98. The van der Waals surface area contributed by atoms with Gasteiger partial charge in [-0.15, -0.1) is 0 Å². The van der Waals surface area contributed by atoms with Crippen LogP contribution in [0.3, 0.4) is 0 Å². The Labute approximate surface area is 194 Å². The first-order valence-corrected chi connectivity index (χ1v) is 12.2. The molecule has 0 unspecified atom stereocenters. The Bertz CT molecular complexity index is 1090. The Balaban J connectivity index is 1.61. The zero-order chi connectivity index (χ0) is 23.5. The van der Waals surface area contributed by atoms with Crippen molar-refractivity contribution in [3.63, 3.8) is 0 Å². The summed E-state index contributed by atoms with van der Waals surface area (Å²) >= 11 is 11.8. The van der Waals surface area contributed by atoms with E-state index in [9.17, 15) is 26.4 Å². The molecule has 1 aliphatic rings. The van der Waals surface area contributed by atoms with E-state index in [0.717, 1.165) is 12.1 Å². The van der Waals surface area contributed by atoms with Gasteiger partial charge in [0, 0.05) is 19.6 Å². The molecule has 1 atom stereocenters. The van der Waals surface area contributed by atoms with Crippen LogP contribution in [0.1, 0.15) is 29.5 Å². The second-order valence-electron chi connectivity index (χ2n) is 7.62. The van der Waals surface area contributed by atoms with Gasteiger partial charge in [-0.05, 0) is 48.2 Å². The minimum atomic E-state index is -4.47. The van der Waals surface area contributed by atoms with Crippen molar-refractivity contribution in [3.05, 3.63) is 69.2 Å². The fraction of sp³-hybridized carbons (Fsp3) is 0.381. The molecule has 0 spiro atoms. The SMILES string of the molecule is O=C(NCc1cccc(C(F)(F)F)c1)[C@H]1CCCN(S(=O)(=O)Cc2ccc(Cl)c(Cl)c2)C1. The molecule has 1 fully saturated rings. The van der Waals surface area contributed by atoms with Crippen molar-refractivity contribution in [3.8, 4) is 0 Å². The normalized spacial score (nSPS) is 17.8. The van der Waals surface area contributed by atoms with Gasteiger partial charge >= 0.3 is 6.18 Å². The molecule has 2 aromatic rings. The Morgan fingerprint density at radius 1 is 1.09 bits per heavy atom. The molecule has 1 N–H and O–H groups in total. The van der Waals surface area contributed by atoms with Crippen LogP contribution in [0.2, 0.25) is 10.0 Å². The van der Waals surface area contributed by atoms with Crippen molar-refractivity contribution >= 4 is 39.1 Å². The molecule has 1 aliphatic heterocycles. The summed E-state index contributed by atoms with van der Waals surface area (Å²) in [4.78, 5) is 12.6. The predicted octanol–water partition coefficient (Wildman–Crippen LogP) is 4.87. The van der Waals surface area contributed by atoms with Crippen molar-refractivity contribution in [2.75, 3.05) is 13.1 Å². The topological polar surface area (TPSA) is 66.5 Å². The molecule has 0 bridgehead atoms. The van der Waals surface area contributed by atoms with Gasteiger partial charge in [-0.3, -0.25) is 4.79 Å². The van der Waals surface area contributed by atoms with Gasteiger partial charge in [-0.25, -0.2) is 12.7 Å². The predicted molar refractivity (Wildman–Crippen MR) is 117 cm³/mol. The number of carbonyl (C=O) groups excluding carboxylic acids is 1. The maximum absolute atomic E-state index is 12.8. The zero-order valence-electron chi connectivity index (χ0n) is 16.8. The van der Waals surface area contributed by atoms with E-state index < -0.39 is 33.6 Å². The van der Waals surface area contributed by atoms with Gasteiger partial charge in [-0.1, -0.05) is 41.4 Å². The first kappa shape index (κ1) is 24.8. The van der Waals surface area contributed by atoms with Crippen LogP contribution in [-0.4, -0.2) is 31.7 Å². The lowest BCUT2D eigenvalue weighted by Crippen LogP contribution is -2.45. The van der Waals surface area contributed by atoms with E-state index in [2.05, 4.69) is 5.32 Å². The van der Waals surface area contributed by atoms with Gasteiger partial charge in [0.2, 0.25) is 15.9 Å². The average Bonchev–Trinajstić information content (AvgIpc) is 2.74. The molecule has 11 heteroatoms. The molecule has 0 radical (unpaired) electrons. The number of hydrogen-bond acceptors (Lipinski definition) is 3. The van der Waals surface area contributed by atoms with Crippen LogP contribution in [0.25, 0.3) is 0 Å². The largest absolute Gasteiger partial charge is 0.416 e. The smallest absolute Gasteiger partial charge is 0.352 e. The van der Waals surface area contributed by atoms with Crippen LogP contribution in [-0.2, 0) is 33.3 Å². The molecular formula is C21H21Cl2F3N2O3S. The quantitative estimate of drug-likeness (QED) is 0.605. The second kappa shape index (κ2) is 9.99. The number of halogens is 5. The number of rotatable bonds is 6. The van der Waals surface area contributed by atoms with Gasteiger partial charge in [0.25, 0.3) is 0 Å². The lowest BCUT2D eigenvalue weighted by Gasteiger charge is -2.31. The van der Waals surface area contributed by atoms with Gasteiger partial charge in [0.05, 0.1) is 27.3 Å². The third-order valence-corrected chi connectivity index (χ3v) is 7.76. The van der Waals surface area contributed by atoms with Crippen LogP contribution in [0.15, 0.2) is 42.5 Å². The molecule has 174 valence electrons. The first-order valence-electron chi connectivity index (χ1n) is 9.81. The number of nitrogens with zero attached hydrogens (tertiary/aromatic N) is 1. The summed E-state index contributed by atoms with van der Waals surface area (Å²) in [6.45, 7) is 0.231. The molecule has 1 amide bonds. The molecule has 1 saturated heterocycles. The van der Waals surface area contributed by atoms with E-state index in [4.69, 9.17) is 23.2 Å². The molecule has 5 nitrogen and oxygen atoms in total. The van der Waals surface area contributed by atoms with E-state index in [1.54, 1.807) is 6.07 Å². The number of amides is 1. The van der Waals surface area contributed by atoms with E-state index in [-0.39, 0.29) is 23.9 Å². The van der Waals surface area contributed by atoms with E-state index in [0.29, 0.717) is 35.5 Å². The Kier molecular flexibility index (Phi) is 7.75. The molecule has 2 aromatic carbocycles. The number of hydrogen-bond donors (Lipinski definition) is 1. The zero-order valence-corrected chi connectivity index (χ0v) is 19.2. The Hall–Kier alpha value is -1.81. The van der Waals surface area contributed by atoms with Crippen LogP contribution >= 0.6 is 23.2 Å². The van der Waals surface area contributed by atoms with Crippen LogP contribution in [0.5, 0.6) is 0 Å². The highest BCUT2D eigenvalue weighted by molar-refractivity contribution is 7.88. The summed E-state index contributed by atoms with van der Waals surface area (Å²) in [6, 6.07) is 9.31. The summed E-state index contributed by atoms with van der Waals surface area (Å²) in [7, 11) is -3.69. The molecule has 0 aliphatic carbocycles. The fourth-order valence-electron chi connectivity index (χ4n) is 3.53. The van der Waals surface area contributed by atoms with E-state index in [1.807, 2.05) is 0 Å². The summed E-state index contributed by atoms with van der Waals surface area (Å²) in [5, 5.41) is 3.20.